The number of hydrazine groups is 1. The van der Waals surface area contributed by atoms with Gasteiger partial charge in [-0.15, -0.1) is 11.3 Å². The summed E-state index contributed by atoms with van der Waals surface area (Å²) >= 11 is 1.65. The van der Waals surface area contributed by atoms with E-state index < -0.39 is 32.6 Å². The van der Waals surface area contributed by atoms with Crippen LogP contribution in [0.1, 0.15) is 63.5 Å². The Hall–Kier alpha value is -4.74. The summed E-state index contributed by atoms with van der Waals surface area (Å²) in [6, 6.07) is 34.3. The third kappa shape index (κ3) is 8.92. The summed E-state index contributed by atoms with van der Waals surface area (Å²) in [5.74, 6) is 1.44. The van der Waals surface area contributed by atoms with Gasteiger partial charge in [-0.1, -0.05) is 60.7 Å². The van der Waals surface area contributed by atoms with Crippen LogP contribution in [0.25, 0.3) is 21.6 Å². The average molecular weight is 835 g/mol. The van der Waals surface area contributed by atoms with Crippen LogP contribution in [0, 0.1) is 11.3 Å². The van der Waals surface area contributed by atoms with Gasteiger partial charge in [-0.2, -0.15) is 10.0 Å². The molecule has 1 N–H and O–H groups in total. The Morgan fingerprint density at radius 1 is 0.898 bits per heavy atom. The Labute approximate surface area is 351 Å². The molecule has 0 aliphatic carbocycles. The molecule has 59 heavy (non-hydrogen) atoms. The molecule has 0 saturated carbocycles. The first-order chi connectivity index (χ1) is 28.7. The van der Waals surface area contributed by atoms with E-state index >= 15 is 0 Å². The number of methoxy groups -OCH3 is 2. The number of hydrogen-bond acceptors (Lipinski definition) is 12. The molecule has 1 fully saturated rings. The summed E-state index contributed by atoms with van der Waals surface area (Å²) in [5, 5.41) is 13.7. The lowest BCUT2D eigenvalue weighted by molar-refractivity contribution is -0.0930. The predicted molar refractivity (Wildman–Crippen MR) is 231 cm³/mol. The van der Waals surface area contributed by atoms with Crippen molar-refractivity contribution in [2.75, 3.05) is 27.4 Å². The van der Waals surface area contributed by atoms with Crippen molar-refractivity contribution in [2.45, 2.75) is 76.7 Å². The van der Waals surface area contributed by atoms with Gasteiger partial charge in [0.25, 0.3) is 8.53 Å². The third-order valence-electron chi connectivity index (χ3n) is 10.6. The molecule has 1 saturated heterocycles. The van der Waals surface area contributed by atoms with Gasteiger partial charge >= 0.3 is 0 Å². The number of rotatable bonds is 18. The Kier molecular flexibility index (Phi) is 13.7. The zero-order valence-corrected chi connectivity index (χ0v) is 35.9. The average Bonchev–Trinajstić information content (AvgIpc) is 4.04. The van der Waals surface area contributed by atoms with Crippen LogP contribution in [-0.2, 0) is 19.6 Å². The fourth-order valence-electron chi connectivity index (χ4n) is 7.93. The molecule has 6 aromatic rings. The van der Waals surface area contributed by atoms with Crippen molar-refractivity contribution in [2.24, 2.45) is 0 Å². The maximum absolute atomic E-state index is 12.0. The summed E-state index contributed by atoms with van der Waals surface area (Å²) in [6.45, 7) is 8.65. The number of hydrogen-bond donors (Lipinski definition) is 1. The number of nitriles is 1. The van der Waals surface area contributed by atoms with Crippen molar-refractivity contribution in [1.29, 1.82) is 5.26 Å². The molecule has 0 bridgehead atoms. The highest BCUT2D eigenvalue weighted by atomic mass is 32.1. The van der Waals surface area contributed by atoms with Gasteiger partial charge < -0.3 is 28.4 Å². The van der Waals surface area contributed by atoms with Crippen molar-refractivity contribution < 1.29 is 28.4 Å². The molecular weight excluding hydrogens is 784 g/mol. The van der Waals surface area contributed by atoms with Crippen LogP contribution in [0.5, 0.6) is 11.5 Å². The zero-order chi connectivity index (χ0) is 41.5. The fraction of sp³-hybridized carbons (Fsp3) is 0.356. The van der Waals surface area contributed by atoms with Crippen LogP contribution in [0.2, 0.25) is 0 Å². The molecular formula is C45H51N6O6PS. The van der Waals surface area contributed by atoms with Gasteiger partial charge in [0, 0.05) is 48.1 Å². The van der Waals surface area contributed by atoms with Crippen molar-refractivity contribution in [3.8, 4) is 28.0 Å². The lowest BCUT2D eigenvalue weighted by Crippen LogP contribution is -2.49. The van der Waals surface area contributed by atoms with Gasteiger partial charge in [-0.05, 0) is 86.2 Å². The highest BCUT2D eigenvalue weighted by molar-refractivity contribution is 7.43. The monoisotopic (exact) mass is 834 g/mol. The minimum Gasteiger partial charge on any atom is -0.497 e. The zero-order valence-electron chi connectivity index (χ0n) is 34.2. The molecule has 12 nitrogen and oxygen atoms in total. The molecule has 0 spiro atoms. The molecule has 0 amide bonds. The number of ether oxygens (including phenoxy) is 4. The van der Waals surface area contributed by atoms with Crippen molar-refractivity contribution >= 4 is 31.0 Å². The molecule has 3 aromatic carbocycles. The molecule has 4 heterocycles. The lowest BCUT2D eigenvalue weighted by atomic mass is 9.80. The maximum atomic E-state index is 12.0. The Balaban J connectivity index is 1.29. The van der Waals surface area contributed by atoms with E-state index in [0.29, 0.717) is 18.6 Å². The number of fused-ring (bicyclic) bond motifs is 1. The minimum absolute atomic E-state index is 0.0440. The van der Waals surface area contributed by atoms with Crippen LogP contribution < -0.4 is 9.47 Å². The van der Waals surface area contributed by atoms with Crippen LogP contribution in [-0.4, -0.2) is 80.9 Å². The SMILES string of the molecule is COc1ccc(C(OC[C@H]2O[C@@H](n3cnc4c(-c5cccs5)ccnc43)C[C@@H]2OP(O)N(CCC#N)N(C(C)C)C(C)C)(c2ccccc2)c2ccc(OC)cc2)cc1. The Bertz CT molecular complexity index is 2230. The minimum atomic E-state index is -2.21. The number of benzene rings is 3. The van der Waals surface area contributed by atoms with E-state index in [1.807, 2.05) is 93.6 Å². The maximum Gasteiger partial charge on any atom is 0.271 e. The van der Waals surface area contributed by atoms with Gasteiger partial charge in [-0.3, -0.25) is 4.57 Å². The van der Waals surface area contributed by atoms with Crippen LogP contribution in [0.15, 0.2) is 115 Å². The predicted octanol–water partition coefficient (Wildman–Crippen LogP) is 9.33. The second-order valence-corrected chi connectivity index (χ2v) is 16.9. The van der Waals surface area contributed by atoms with Crippen molar-refractivity contribution in [3.63, 3.8) is 0 Å². The molecule has 0 radical (unpaired) electrons. The molecule has 1 unspecified atom stereocenters. The summed E-state index contributed by atoms with van der Waals surface area (Å²) in [7, 11) is 1.08. The van der Waals surface area contributed by atoms with E-state index in [1.54, 1.807) is 38.1 Å². The molecule has 4 atom stereocenters. The first-order valence-electron chi connectivity index (χ1n) is 19.8. The first-order valence-corrected chi connectivity index (χ1v) is 21.8. The summed E-state index contributed by atoms with van der Waals surface area (Å²) in [4.78, 5) is 22.7. The molecule has 3 aromatic heterocycles. The molecule has 1 aliphatic rings. The smallest absolute Gasteiger partial charge is 0.271 e. The Morgan fingerprint density at radius 3 is 2.12 bits per heavy atom. The highest BCUT2D eigenvalue weighted by Gasteiger charge is 2.45. The van der Waals surface area contributed by atoms with E-state index in [2.05, 4.69) is 57.0 Å². The van der Waals surface area contributed by atoms with E-state index in [1.165, 1.54) is 0 Å². The lowest BCUT2D eigenvalue weighted by Gasteiger charge is -2.42. The topological polar surface area (TPSA) is 127 Å². The van der Waals surface area contributed by atoms with Gasteiger partial charge in [-0.25, -0.2) is 15.0 Å². The largest absolute Gasteiger partial charge is 0.497 e. The number of aromatic nitrogens is 3. The molecule has 7 rings (SSSR count). The van der Waals surface area contributed by atoms with Gasteiger partial charge in [0.1, 0.15) is 34.9 Å². The number of nitrogens with zero attached hydrogens (tertiary/aromatic N) is 6. The van der Waals surface area contributed by atoms with Crippen LogP contribution >= 0.6 is 19.9 Å². The second-order valence-electron chi connectivity index (χ2n) is 14.8. The standard InChI is InChI=1S/C45H51N6O6PS/c1-31(2)51(32(3)4)50(26-11-24-46)58(52)57-39-28-42(49-30-48-43-38(23-25-47-44(43)49)41-14-10-27-59-41)56-40(39)29-55-45(33-12-8-7-9-13-33,34-15-19-36(53-5)20-16-34)35-17-21-37(54-6)22-18-35/h7-10,12-23,25,27,30-32,39-40,42,52H,11,26,28-29H2,1-6H3/t39-,40+,42+,58?/m0/s1. The number of thiophene rings is 1. The van der Waals surface area contributed by atoms with E-state index in [9.17, 15) is 10.2 Å². The molecule has 14 heteroatoms. The van der Waals surface area contributed by atoms with Crippen LogP contribution in [0.3, 0.4) is 0 Å². The van der Waals surface area contributed by atoms with Gasteiger partial charge in [0.05, 0.1) is 39.3 Å². The summed E-state index contributed by atoms with van der Waals surface area (Å²) in [6.07, 6.45) is 2.34. The first kappa shape index (κ1) is 42.4. The third-order valence-corrected chi connectivity index (χ3v) is 12.7. The fourth-order valence-corrected chi connectivity index (χ4v) is 10.1. The van der Waals surface area contributed by atoms with Crippen molar-refractivity contribution in [1.82, 2.24) is 24.3 Å². The normalized spacial score (nSPS) is 17.6. The van der Waals surface area contributed by atoms with Crippen molar-refractivity contribution in [3.05, 3.63) is 132 Å². The number of imidazole rings is 1. The number of pyridine rings is 1. The van der Waals surface area contributed by atoms with Gasteiger partial charge in [0.15, 0.2) is 5.65 Å². The van der Waals surface area contributed by atoms with E-state index in [-0.39, 0.29) is 25.1 Å². The molecule has 1 aliphatic heterocycles. The van der Waals surface area contributed by atoms with Crippen LogP contribution in [0.4, 0.5) is 0 Å². The van der Waals surface area contributed by atoms with E-state index in [4.69, 9.17) is 33.4 Å². The van der Waals surface area contributed by atoms with Gasteiger partial charge in [0.2, 0.25) is 0 Å². The Morgan fingerprint density at radius 2 is 1.54 bits per heavy atom. The quantitative estimate of drug-likeness (QED) is 0.0506. The second kappa shape index (κ2) is 19.1. The summed E-state index contributed by atoms with van der Waals surface area (Å²) in [5.41, 5.74) is 4.01. The highest BCUT2D eigenvalue weighted by Crippen LogP contribution is 2.48. The molecule has 308 valence electrons. The summed E-state index contributed by atoms with van der Waals surface area (Å²) < 4.78 is 35.9. The van der Waals surface area contributed by atoms with E-state index in [0.717, 1.165) is 44.1 Å².